The van der Waals surface area contributed by atoms with E-state index in [9.17, 15) is 0 Å². The molecular formula is C14H25NO. The Bertz CT molecular complexity index is 241. The molecule has 0 saturated heterocycles. The van der Waals surface area contributed by atoms with Gasteiger partial charge < -0.3 is 10.1 Å². The van der Waals surface area contributed by atoms with Gasteiger partial charge in [-0.1, -0.05) is 36.0 Å². The molecule has 2 heteroatoms. The van der Waals surface area contributed by atoms with Crippen molar-refractivity contribution in [2.24, 2.45) is 0 Å². The zero-order valence-corrected chi connectivity index (χ0v) is 10.9. The van der Waals surface area contributed by atoms with Gasteiger partial charge in [-0.15, -0.1) is 0 Å². The highest BCUT2D eigenvalue weighted by atomic mass is 16.5. The fourth-order valence-electron chi connectivity index (χ4n) is 1.13. The van der Waals surface area contributed by atoms with E-state index in [1.165, 1.54) is 11.1 Å². The van der Waals surface area contributed by atoms with Crippen LogP contribution in [0.4, 0.5) is 0 Å². The van der Waals surface area contributed by atoms with Gasteiger partial charge in [0.1, 0.15) is 0 Å². The number of rotatable bonds is 9. The first-order chi connectivity index (χ1) is 7.70. The lowest BCUT2D eigenvalue weighted by Crippen LogP contribution is -2.18. The summed E-state index contributed by atoms with van der Waals surface area (Å²) in [6.07, 6.45) is 7.15. The minimum atomic E-state index is 0.810. The van der Waals surface area contributed by atoms with E-state index >= 15 is 0 Å². The van der Waals surface area contributed by atoms with Gasteiger partial charge in [-0.25, -0.2) is 0 Å². The molecule has 0 rings (SSSR count). The molecule has 2 nitrogen and oxygen atoms in total. The van der Waals surface area contributed by atoms with Gasteiger partial charge in [0.25, 0.3) is 0 Å². The van der Waals surface area contributed by atoms with Crippen LogP contribution in [0.15, 0.2) is 36.0 Å². The van der Waals surface area contributed by atoms with Crippen LogP contribution in [0.2, 0.25) is 0 Å². The Labute approximate surface area is 100 Å². The van der Waals surface area contributed by atoms with E-state index in [0.717, 1.165) is 32.7 Å². The molecule has 0 unspecified atom stereocenters. The van der Waals surface area contributed by atoms with Crippen molar-refractivity contribution in [1.29, 1.82) is 0 Å². The van der Waals surface area contributed by atoms with Crippen LogP contribution in [0.25, 0.3) is 0 Å². The lowest BCUT2D eigenvalue weighted by atomic mass is 10.2. The third-order valence-electron chi connectivity index (χ3n) is 2.20. The standard InChI is InChI=1S/C14H25NO/c1-5-13(3)8-9-14(4)12-15-10-7-11-16-6-2/h5,8-9,15H,1,6-7,10-12H2,2-4H3/b13-8-,14-9+. The quantitative estimate of drug-likeness (QED) is 0.479. The highest BCUT2D eigenvalue weighted by molar-refractivity contribution is 5.22. The van der Waals surface area contributed by atoms with Gasteiger partial charge in [0.15, 0.2) is 0 Å². The Kier molecular flexibility index (Phi) is 10.1. The van der Waals surface area contributed by atoms with Crippen LogP contribution in [0.1, 0.15) is 27.2 Å². The van der Waals surface area contributed by atoms with Crippen LogP contribution < -0.4 is 5.32 Å². The molecule has 0 saturated carbocycles. The summed E-state index contributed by atoms with van der Waals surface area (Å²) >= 11 is 0. The normalized spacial score (nSPS) is 12.9. The third kappa shape index (κ3) is 9.69. The van der Waals surface area contributed by atoms with Crippen LogP contribution in [-0.2, 0) is 4.74 Å². The summed E-state index contributed by atoms with van der Waals surface area (Å²) in [5.41, 5.74) is 2.52. The van der Waals surface area contributed by atoms with Crippen LogP contribution in [0.3, 0.4) is 0 Å². The summed E-state index contributed by atoms with van der Waals surface area (Å²) in [5, 5.41) is 3.38. The second kappa shape index (κ2) is 10.7. The Balaban J connectivity index is 3.57. The first-order valence-corrected chi connectivity index (χ1v) is 5.95. The van der Waals surface area contributed by atoms with E-state index in [4.69, 9.17) is 4.74 Å². The molecule has 0 amide bonds. The second-order valence-electron chi connectivity index (χ2n) is 3.86. The lowest BCUT2D eigenvalue weighted by molar-refractivity contribution is 0.145. The number of hydrogen-bond acceptors (Lipinski definition) is 2. The van der Waals surface area contributed by atoms with Crippen molar-refractivity contribution in [1.82, 2.24) is 5.32 Å². The SMILES string of the molecule is C=C/C(C)=C\C=C(/C)CNCCCOCC. The maximum atomic E-state index is 5.26. The van der Waals surface area contributed by atoms with Crippen molar-refractivity contribution in [3.63, 3.8) is 0 Å². The summed E-state index contributed by atoms with van der Waals surface area (Å²) in [4.78, 5) is 0. The van der Waals surface area contributed by atoms with E-state index in [-0.39, 0.29) is 0 Å². The summed E-state index contributed by atoms with van der Waals surface area (Å²) in [6.45, 7) is 13.5. The van der Waals surface area contributed by atoms with Crippen molar-refractivity contribution in [2.45, 2.75) is 27.2 Å². The molecular weight excluding hydrogens is 198 g/mol. The molecule has 0 aromatic carbocycles. The monoisotopic (exact) mass is 223 g/mol. The van der Waals surface area contributed by atoms with Gasteiger partial charge in [-0.05, 0) is 33.7 Å². The number of nitrogens with one attached hydrogen (secondary N) is 1. The summed E-state index contributed by atoms with van der Waals surface area (Å²) in [6, 6.07) is 0. The van der Waals surface area contributed by atoms with Gasteiger partial charge in [-0.2, -0.15) is 0 Å². The fourth-order valence-corrected chi connectivity index (χ4v) is 1.13. The smallest absolute Gasteiger partial charge is 0.0477 e. The highest BCUT2D eigenvalue weighted by Crippen LogP contribution is 1.97. The molecule has 0 aromatic rings. The second-order valence-corrected chi connectivity index (χ2v) is 3.86. The van der Waals surface area contributed by atoms with Crippen LogP contribution in [0.5, 0.6) is 0 Å². The summed E-state index contributed by atoms with van der Waals surface area (Å²) in [7, 11) is 0. The molecule has 0 aliphatic rings. The summed E-state index contributed by atoms with van der Waals surface area (Å²) in [5.74, 6) is 0. The minimum absolute atomic E-state index is 0.810. The van der Waals surface area contributed by atoms with Crippen molar-refractivity contribution in [3.8, 4) is 0 Å². The van der Waals surface area contributed by atoms with E-state index < -0.39 is 0 Å². The molecule has 0 bridgehead atoms. The van der Waals surface area contributed by atoms with Crippen molar-refractivity contribution >= 4 is 0 Å². The Morgan fingerprint density at radius 2 is 2.06 bits per heavy atom. The van der Waals surface area contributed by atoms with Crippen molar-refractivity contribution in [2.75, 3.05) is 26.3 Å². The van der Waals surface area contributed by atoms with Crippen molar-refractivity contribution < 1.29 is 4.74 Å². The van der Waals surface area contributed by atoms with Crippen LogP contribution >= 0.6 is 0 Å². The van der Waals surface area contributed by atoms with Crippen molar-refractivity contribution in [3.05, 3.63) is 36.0 Å². The molecule has 16 heavy (non-hydrogen) atoms. The van der Waals surface area contributed by atoms with E-state index in [1.54, 1.807) is 0 Å². The van der Waals surface area contributed by atoms with Gasteiger partial charge in [-0.3, -0.25) is 0 Å². The molecule has 0 aliphatic carbocycles. The molecule has 0 heterocycles. The van der Waals surface area contributed by atoms with Gasteiger partial charge in [0.2, 0.25) is 0 Å². The fraction of sp³-hybridized carbons (Fsp3) is 0.571. The molecule has 0 radical (unpaired) electrons. The van der Waals surface area contributed by atoms with E-state index in [1.807, 2.05) is 19.9 Å². The minimum Gasteiger partial charge on any atom is -0.382 e. The molecule has 0 spiro atoms. The Morgan fingerprint density at radius 3 is 2.69 bits per heavy atom. The molecule has 1 N–H and O–H groups in total. The maximum Gasteiger partial charge on any atom is 0.0477 e. The number of allylic oxidation sites excluding steroid dienone is 4. The largest absolute Gasteiger partial charge is 0.382 e. The molecule has 92 valence electrons. The maximum absolute atomic E-state index is 5.26. The lowest BCUT2D eigenvalue weighted by Gasteiger charge is -2.04. The van der Waals surface area contributed by atoms with E-state index in [2.05, 4.69) is 31.0 Å². The topological polar surface area (TPSA) is 21.3 Å². The third-order valence-corrected chi connectivity index (χ3v) is 2.20. The van der Waals surface area contributed by atoms with Gasteiger partial charge in [0, 0.05) is 19.8 Å². The predicted molar refractivity (Wildman–Crippen MR) is 71.7 cm³/mol. The summed E-state index contributed by atoms with van der Waals surface area (Å²) < 4.78 is 5.26. The molecule has 0 aliphatic heterocycles. The number of ether oxygens (including phenoxy) is 1. The molecule has 0 fully saturated rings. The molecule has 0 aromatic heterocycles. The zero-order valence-electron chi connectivity index (χ0n) is 10.9. The average molecular weight is 223 g/mol. The number of hydrogen-bond donors (Lipinski definition) is 1. The predicted octanol–water partition coefficient (Wildman–Crippen LogP) is 3.08. The molecule has 0 atom stereocenters. The Hall–Kier alpha value is -0.860. The Morgan fingerprint density at radius 1 is 1.31 bits per heavy atom. The average Bonchev–Trinajstić information content (AvgIpc) is 2.30. The van der Waals surface area contributed by atoms with Crippen LogP contribution in [-0.4, -0.2) is 26.3 Å². The first kappa shape index (κ1) is 15.1. The van der Waals surface area contributed by atoms with Gasteiger partial charge >= 0.3 is 0 Å². The van der Waals surface area contributed by atoms with E-state index in [0.29, 0.717) is 0 Å². The zero-order chi connectivity index (χ0) is 12.2. The highest BCUT2D eigenvalue weighted by Gasteiger charge is 1.90. The first-order valence-electron chi connectivity index (χ1n) is 5.95. The van der Waals surface area contributed by atoms with Gasteiger partial charge in [0.05, 0.1) is 0 Å². The van der Waals surface area contributed by atoms with Crippen LogP contribution in [0, 0.1) is 0 Å².